The molecule has 1 fully saturated rings. The molecule has 1 heterocycles. The SMILES string of the molecule is CCc1ccc2c(c1)NC1CC(C)(C)CCC1O2. The highest BCUT2D eigenvalue weighted by Crippen LogP contribution is 2.42. The third-order valence-corrected chi connectivity index (χ3v) is 4.40. The molecule has 1 aliphatic carbocycles. The second kappa shape index (κ2) is 4.18. The fourth-order valence-corrected chi connectivity index (χ4v) is 3.22. The molecule has 0 aromatic heterocycles. The van der Waals surface area contributed by atoms with Gasteiger partial charge in [0.05, 0.1) is 11.7 Å². The van der Waals surface area contributed by atoms with Gasteiger partial charge in [-0.1, -0.05) is 26.8 Å². The Morgan fingerprint density at radius 3 is 3.00 bits per heavy atom. The van der Waals surface area contributed by atoms with E-state index in [0.29, 0.717) is 17.6 Å². The number of benzene rings is 1. The smallest absolute Gasteiger partial charge is 0.142 e. The van der Waals surface area contributed by atoms with E-state index in [0.717, 1.165) is 12.2 Å². The molecule has 1 saturated carbocycles. The Hall–Kier alpha value is -1.18. The summed E-state index contributed by atoms with van der Waals surface area (Å²) in [6, 6.07) is 7.02. The van der Waals surface area contributed by atoms with Crippen molar-refractivity contribution in [2.24, 2.45) is 5.41 Å². The number of aryl methyl sites for hydroxylation is 1. The molecular formula is C16H23NO. The van der Waals surface area contributed by atoms with Crippen LogP contribution in [-0.2, 0) is 6.42 Å². The minimum atomic E-state index is 0.359. The molecule has 0 bridgehead atoms. The van der Waals surface area contributed by atoms with Crippen molar-refractivity contribution in [3.8, 4) is 5.75 Å². The Kier molecular flexibility index (Phi) is 2.76. The van der Waals surface area contributed by atoms with E-state index < -0.39 is 0 Å². The normalized spacial score (nSPS) is 28.6. The standard InChI is InChI=1S/C16H23NO/c1-4-11-5-6-14-12(9-11)17-13-10-16(2,3)8-7-15(13)18-14/h5-6,9,13,15,17H,4,7-8,10H2,1-3H3. The molecule has 2 aliphatic rings. The van der Waals surface area contributed by atoms with Gasteiger partial charge in [0.1, 0.15) is 11.9 Å². The van der Waals surface area contributed by atoms with Crippen LogP contribution in [0.2, 0.25) is 0 Å². The van der Waals surface area contributed by atoms with E-state index in [9.17, 15) is 0 Å². The van der Waals surface area contributed by atoms with Crippen molar-refractivity contribution in [1.82, 2.24) is 0 Å². The number of fused-ring (bicyclic) bond motifs is 2. The predicted octanol–water partition coefficient (Wildman–Crippen LogP) is 4.00. The quantitative estimate of drug-likeness (QED) is 0.807. The van der Waals surface area contributed by atoms with Gasteiger partial charge >= 0.3 is 0 Å². The van der Waals surface area contributed by atoms with Gasteiger partial charge in [-0.3, -0.25) is 0 Å². The molecule has 18 heavy (non-hydrogen) atoms. The van der Waals surface area contributed by atoms with E-state index in [-0.39, 0.29) is 0 Å². The Morgan fingerprint density at radius 2 is 2.22 bits per heavy atom. The zero-order chi connectivity index (χ0) is 12.8. The van der Waals surface area contributed by atoms with Gasteiger partial charge in [-0.2, -0.15) is 0 Å². The highest BCUT2D eigenvalue weighted by atomic mass is 16.5. The van der Waals surface area contributed by atoms with Crippen LogP contribution >= 0.6 is 0 Å². The van der Waals surface area contributed by atoms with Gasteiger partial charge in [0.25, 0.3) is 0 Å². The molecule has 0 saturated heterocycles. The molecule has 2 heteroatoms. The summed E-state index contributed by atoms with van der Waals surface area (Å²) in [6.45, 7) is 6.92. The number of ether oxygens (including phenoxy) is 1. The third-order valence-electron chi connectivity index (χ3n) is 4.40. The Bertz CT molecular complexity index is 452. The average Bonchev–Trinajstić information content (AvgIpc) is 2.34. The number of hydrogen-bond acceptors (Lipinski definition) is 2. The topological polar surface area (TPSA) is 21.3 Å². The van der Waals surface area contributed by atoms with E-state index in [4.69, 9.17) is 4.74 Å². The van der Waals surface area contributed by atoms with Crippen molar-refractivity contribution in [1.29, 1.82) is 0 Å². The molecule has 2 nitrogen and oxygen atoms in total. The average molecular weight is 245 g/mol. The number of hydrogen-bond donors (Lipinski definition) is 1. The van der Waals surface area contributed by atoms with Crippen LogP contribution in [0.1, 0.15) is 45.6 Å². The minimum Gasteiger partial charge on any atom is -0.486 e. The zero-order valence-corrected chi connectivity index (χ0v) is 11.6. The first-order valence-corrected chi connectivity index (χ1v) is 7.13. The molecular weight excluding hydrogens is 222 g/mol. The minimum absolute atomic E-state index is 0.359. The lowest BCUT2D eigenvalue weighted by Gasteiger charge is -2.44. The predicted molar refractivity (Wildman–Crippen MR) is 75.3 cm³/mol. The first kappa shape index (κ1) is 11.9. The molecule has 0 radical (unpaired) electrons. The van der Waals surface area contributed by atoms with Crippen LogP contribution in [0.4, 0.5) is 5.69 Å². The van der Waals surface area contributed by atoms with E-state index in [2.05, 4.69) is 44.3 Å². The molecule has 1 N–H and O–H groups in total. The van der Waals surface area contributed by atoms with E-state index >= 15 is 0 Å². The maximum Gasteiger partial charge on any atom is 0.142 e. The molecule has 1 aromatic rings. The summed E-state index contributed by atoms with van der Waals surface area (Å²) in [4.78, 5) is 0. The molecule has 1 aromatic carbocycles. The third kappa shape index (κ3) is 2.09. The van der Waals surface area contributed by atoms with Gasteiger partial charge in [0, 0.05) is 0 Å². The summed E-state index contributed by atoms with van der Waals surface area (Å²) in [7, 11) is 0. The van der Waals surface area contributed by atoms with Crippen LogP contribution in [0.5, 0.6) is 5.75 Å². The van der Waals surface area contributed by atoms with E-state index in [1.165, 1.54) is 30.5 Å². The lowest BCUT2D eigenvalue weighted by Crippen LogP contribution is -2.47. The first-order chi connectivity index (χ1) is 8.57. The molecule has 98 valence electrons. The highest BCUT2D eigenvalue weighted by Gasteiger charge is 2.38. The van der Waals surface area contributed by atoms with Gasteiger partial charge in [-0.25, -0.2) is 0 Å². The molecule has 2 atom stereocenters. The first-order valence-electron chi connectivity index (χ1n) is 7.13. The molecule has 0 spiro atoms. The highest BCUT2D eigenvalue weighted by molar-refractivity contribution is 5.60. The summed E-state index contributed by atoms with van der Waals surface area (Å²) in [5, 5.41) is 3.70. The Labute approximate surface area is 110 Å². The van der Waals surface area contributed by atoms with Crippen LogP contribution < -0.4 is 10.1 Å². The van der Waals surface area contributed by atoms with Crippen molar-refractivity contribution in [2.45, 2.75) is 58.6 Å². The molecule has 2 unspecified atom stereocenters. The Balaban J connectivity index is 1.86. The number of anilines is 1. The fourth-order valence-electron chi connectivity index (χ4n) is 3.22. The maximum absolute atomic E-state index is 6.17. The van der Waals surface area contributed by atoms with Crippen molar-refractivity contribution in [3.63, 3.8) is 0 Å². The van der Waals surface area contributed by atoms with Gasteiger partial charge in [-0.05, 0) is 48.8 Å². The van der Waals surface area contributed by atoms with Crippen LogP contribution in [0.25, 0.3) is 0 Å². The summed E-state index contributed by atoms with van der Waals surface area (Å²) in [5.74, 6) is 1.04. The summed E-state index contributed by atoms with van der Waals surface area (Å²) in [5.41, 5.74) is 3.00. The van der Waals surface area contributed by atoms with Crippen LogP contribution in [-0.4, -0.2) is 12.1 Å². The Morgan fingerprint density at radius 1 is 1.39 bits per heavy atom. The van der Waals surface area contributed by atoms with Gasteiger partial charge < -0.3 is 10.1 Å². The maximum atomic E-state index is 6.17. The largest absolute Gasteiger partial charge is 0.486 e. The lowest BCUT2D eigenvalue weighted by molar-refractivity contribution is 0.0777. The molecule has 1 aliphatic heterocycles. The second-order valence-electron chi connectivity index (χ2n) is 6.50. The monoisotopic (exact) mass is 245 g/mol. The van der Waals surface area contributed by atoms with Crippen molar-refractivity contribution in [3.05, 3.63) is 23.8 Å². The molecule has 0 amide bonds. The summed E-state index contributed by atoms with van der Waals surface area (Å²) >= 11 is 0. The van der Waals surface area contributed by atoms with E-state index in [1.54, 1.807) is 0 Å². The van der Waals surface area contributed by atoms with Crippen molar-refractivity contribution < 1.29 is 4.74 Å². The van der Waals surface area contributed by atoms with Crippen molar-refractivity contribution in [2.75, 3.05) is 5.32 Å². The van der Waals surface area contributed by atoms with E-state index in [1.807, 2.05) is 0 Å². The van der Waals surface area contributed by atoms with Crippen LogP contribution in [0, 0.1) is 5.41 Å². The number of nitrogens with one attached hydrogen (secondary N) is 1. The van der Waals surface area contributed by atoms with Crippen LogP contribution in [0.15, 0.2) is 18.2 Å². The fraction of sp³-hybridized carbons (Fsp3) is 0.625. The summed E-state index contributed by atoms with van der Waals surface area (Å²) in [6.07, 6.45) is 5.07. The van der Waals surface area contributed by atoms with Crippen LogP contribution in [0.3, 0.4) is 0 Å². The van der Waals surface area contributed by atoms with Gasteiger partial charge in [-0.15, -0.1) is 0 Å². The number of rotatable bonds is 1. The van der Waals surface area contributed by atoms with Crippen molar-refractivity contribution >= 4 is 5.69 Å². The zero-order valence-electron chi connectivity index (χ0n) is 11.6. The second-order valence-corrected chi connectivity index (χ2v) is 6.50. The summed E-state index contributed by atoms with van der Waals surface area (Å²) < 4.78 is 6.17. The molecule has 3 rings (SSSR count). The lowest BCUT2D eigenvalue weighted by atomic mass is 9.73. The van der Waals surface area contributed by atoms with Gasteiger partial charge in [0.15, 0.2) is 0 Å². The van der Waals surface area contributed by atoms with Gasteiger partial charge in [0.2, 0.25) is 0 Å².